The first-order chi connectivity index (χ1) is 13.8. The molecule has 5 aromatic rings. The molecule has 0 spiro atoms. The molecule has 0 fully saturated rings. The molecule has 1 N–H and O–H groups in total. The van der Waals surface area contributed by atoms with Gasteiger partial charge in [-0.05, 0) is 70.0 Å². The van der Waals surface area contributed by atoms with Crippen LogP contribution in [0.5, 0.6) is 0 Å². The summed E-state index contributed by atoms with van der Waals surface area (Å²) in [7, 11) is 0. The first kappa shape index (κ1) is 15.7. The zero-order valence-corrected chi connectivity index (χ0v) is 15.7. The maximum Gasteiger partial charge on any atom is 0.0464 e. The molecule has 1 nitrogen and oxygen atoms in total. The van der Waals surface area contributed by atoms with Crippen LogP contribution in [0, 0.1) is 0 Å². The van der Waals surface area contributed by atoms with Crippen LogP contribution in [0.15, 0.2) is 91.0 Å². The summed E-state index contributed by atoms with van der Waals surface area (Å²) in [4.78, 5) is 3.54. The van der Waals surface area contributed by atoms with Crippen molar-refractivity contribution < 1.29 is 0 Å². The first-order valence-corrected chi connectivity index (χ1v) is 10.0. The van der Waals surface area contributed by atoms with Crippen LogP contribution >= 0.6 is 0 Å². The highest BCUT2D eigenvalue weighted by atomic mass is 14.7. The van der Waals surface area contributed by atoms with Gasteiger partial charge >= 0.3 is 0 Å². The Morgan fingerprint density at radius 1 is 0.607 bits per heavy atom. The normalized spacial score (nSPS) is 14.0. The van der Waals surface area contributed by atoms with E-state index < -0.39 is 0 Å². The summed E-state index contributed by atoms with van der Waals surface area (Å²) in [6.07, 6.45) is 2.32. The Hall–Kier alpha value is -3.32. The van der Waals surface area contributed by atoms with E-state index in [4.69, 9.17) is 0 Å². The van der Waals surface area contributed by atoms with E-state index in [0.717, 1.165) is 12.8 Å². The fourth-order valence-electron chi connectivity index (χ4n) is 4.71. The van der Waals surface area contributed by atoms with Gasteiger partial charge in [0.25, 0.3) is 0 Å². The molecule has 1 aliphatic carbocycles. The van der Waals surface area contributed by atoms with Gasteiger partial charge in [-0.25, -0.2) is 0 Å². The van der Waals surface area contributed by atoms with Crippen molar-refractivity contribution in [2.75, 3.05) is 0 Å². The Morgan fingerprint density at radius 2 is 1.32 bits per heavy atom. The quantitative estimate of drug-likeness (QED) is 0.354. The largest absolute Gasteiger partial charge is 0.355 e. The second-order valence-electron chi connectivity index (χ2n) is 7.97. The summed E-state index contributed by atoms with van der Waals surface area (Å²) >= 11 is 0. The van der Waals surface area contributed by atoms with Gasteiger partial charge < -0.3 is 4.98 Å². The number of aromatic amines is 1. The third kappa shape index (κ3) is 2.55. The highest BCUT2D eigenvalue weighted by molar-refractivity contribution is 5.91. The van der Waals surface area contributed by atoms with Crippen LogP contribution in [0.2, 0.25) is 0 Å². The van der Waals surface area contributed by atoms with Crippen molar-refractivity contribution in [3.05, 3.63) is 108 Å². The monoisotopic (exact) mass is 359 g/mol. The standard InChI is InChI=1S/C27H21N/c1-2-6-19-16-25(15-18(19)5-1)22-10-9-21-14-24(12-11-20(21)13-22)27-17-23-7-3-4-8-26(23)28-27/h1-14,17,25,28H,15-16H2. The van der Waals surface area contributed by atoms with E-state index in [1.54, 1.807) is 0 Å². The zero-order chi connectivity index (χ0) is 18.5. The molecule has 28 heavy (non-hydrogen) atoms. The Bertz CT molecular complexity index is 1270. The number of aromatic nitrogens is 1. The lowest BCUT2D eigenvalue weighted by Gasteiger charge is -2.11. The highest BCUT2D eigenvalue weighted by Gasteiger charge is 2.22. The minimum absolute atomic E-state index is 0.607. The number of nitrogens with one attached hydrogen (secondary N) is 1. The third-order valence-corrected chi connectivity index (χ3v) is 6.23. The molecule has 0 bridgehead atoms. The van der Waals surface area contributed by atoms with Gasteiger partial charge in [-0.2, -0.15) is 0 Å². The van der Waals surface area contributed by atoms with Gasteiger partial charge in [0, 0.05) is 16.6 Å². The smallest absolute Gasteiger partial charge is 0.0464 e. The lowest BCUT2D eigenvalue weighted by Crippen LogP contribution is -1.97. The van der Waals surface area contributed by atoms with Crippen LogP contribution in [-0.2, 0) is 12.8 Å². The summed E-state index contributed by atoms with van der Waals surface area (Å²) < 4.78 is 0. The lowest BCUT2D eigenvalue weighted by atomic mass is 9.93. The SMILES string of the molecule is c1ccc2c(c1)CC(c1ccc3cc(-c4cc5ccccc5[nH]4)ccc3c1)C2. The van der Waals surface area contributed by atoms with Gasteiger partial charge in [-0.1, -0.05) is 72.8 Å². The minimum Gasteiger partial charge on any atom is -0.355 e. The summed E-state index contributed by atoms with van der Waals surface area (Å²) in [6.45, 7) is 0. The molecule has 4 aromatic carbocycles. The van der Waals surface area contributed by atoms with Gasteiger partial charge in [0.1, 0.15) is 0 Å². The molecule has 6 rings (SSSR count). The van der Waals surface area contributed by atoms with E-state index in [9.17, 15) is 0 Å². The molecule has 1 heterocycles. The van der Waals surface area contributed by atoms with Crippen molar-refractivity contribution in [3.8, 4) is 11.3 Å². The van der Waals surface area contributed by atoms with Crippen molar-refractivity contribution in [2.24, 2.45) is 0 Å². The van der Waals surface area contributed by atoms with E-state index >= 15 is 0 Å². The molecule has 0 saturated carbocycles. The first-order valence-electron chi connectivity index (χ1n) is 10.0. The van der Waals surface area contributed by atoms with E-state index in [0.29, 0.717) is 5.92 Å². The molecule has 0 radical (unpaired) electrons. The molecule has 0 aliphatic heterocycles. The van der Waals surface area contributed by atoms with Crippen LogP contribution in [0.3, 0.4) is 0 Å². The Morgan fingerprint density at radius 3 is 2.14 bits per heavy atom. The zero-order valence-electron chi connectivity index (χ0n) is 15.7. The van der Waals surface area contributed by atoms with Crippen LogP contribution in [-0.4, -0.2) is 4.98 Å². The van der Waals surface area contributed by atoms with Gasteiger partial charge in [-0.3, -0.25) is 0 Å². The number of para-hydroxylation sites is 1. The second-order valence-corrected chi connectivity index (χ2v) is 7.97. The number of hydrogen-bond donors (Lipinski definition) is 1. The minimum atomic E-state index is 0.607. The topological polar surface area (TPSA) is 15.8 Å². The van der Waals surface area contributed by atoms with Crippen LogP contribution < -0.4 is 0 Å². The summed E-state index contributed by atoms with van der Waals surface area (Å²) in [5.41, 5.74) is 8.10. The fraction of sp³-hybridized carbons (Fsp3) is 0.111. The predicted octanol–water partition coefficient (Wildman–Crippen LogP) is 6.87. The molecule has 134 valence electrons. The molecule has 1 aliphatic rings. The third-order valence-electron chi connectivity index (χ3n) is 6.23. The van der Waals surface area contributed by atoms with Crippen molar-refractivity contribution in [3.63, 3.8) is 0 Å². The van der Waals surface area contributed by atoms with E-state index in [1.165, 1.54) is 49.6 Å². The van der Waals surface area contributed by atoms with Gasteiger partial charge in [0.15, 0.2) is 0 Å². The molecule has 1 heteroatoms. The summed E-state index contributed by atoms with van der Waals surface area (Å²) in [5.74, 6) is 0.607. The number of benzene rings is 4. The number of fused-ring (bicyclic) bond motifs is 3. The average Bonchev–Trinajstić information content (AvgIpc) is 3.37. The van der Waals surface area contributed by atoms with Crippen molar-refractivity contribution in [1.29, 1.82) is 0 Å². The Labute approximate surface area is 164 Å². The van der Waals surface area contributed by atoms with Gasteiger partial charge in [0.2, 0.25) is 0 Å². The van der Waals surface area contributed by atoms with Gasteiger partial charge in [-0.15, -0.1) is 0 Å². The molecular weight excluding hydrogens is 338 g/mol. The molecule has 0 saturated heterocycles. The van der Waals surface area contributed by atoms with E-state index in [-0.39, 0.29) is 0 Å². The highest BCUT2D eigenvalue weighted by Crippen LogP contribution is 2.35. The van der Waals surface area contributed by atoms with E-state index in [1.807, 2.05) is 0 Å². The molecule has 1 aromatic heterocycles. The van der Waals surface area contributed by atoms with Crippen LogP contribution in [0.4, 0.5) is 0 Å². The summed E-state index contributed by atoms with van der Waals surface area (Å²) in [6, 6.07) is 33.4. The number of H-pyrrole nitrogens is 1. The molecule has 0 amide bonds. The van der Waals surface area contributed by atoms with Gasteiger partial charge in [0.05, 0.1) is 0 Å². The van der Waals surface area contributed by atoms with Crippen LogP contribution in [0.25, 0.3) is 32.9 Å². The van der Waals surface area contributed by atoms with E-state index in [2.05, 4.69) is 96.0 Å². The summed E-state index contributed by atoms with van der Waals surface area (Å²) in [5, 5.41) is 3.89. The van der Waals surface area contributed by atoms with Crippen molar-refractivity contribution in [2.45, 2.75) is 18.8 Å². The Balaban J connectivity index is 1.35. The lowest BCUT2D eigenvalue weighted by molar-refractivity contribution is 0.743. The molecular formula is C27H21N. The number of hydrogen-bond acceptors (Lipinski definition) is 0. The molecule has 0 atom stereocenters. The average molecular weight is 359 g/mol. The van der Waals surface area contributed by atoms with Crippen molar-refractivity contribution in [1.82, 2.24) is 4.98 Å². The molecule has 0 unspecified atom stereocenters. The maximum atomic E-state index is 3.54. The number of rotatable bonds is 2. The van der Waals surface area contributed by atoms with Crippen molar-refractivity contribution >= 4 is 21.7 Å². The Kier molecular flexibility index (Phi) is 3.42. The van der Waals surface area contributed by atoms with Crippen LogP contribution in [0.1, 0.15) is 22.6 Å². The second kappa shape index (κ2) is 6.10. The fourth-order valence-corrected chi connectivity index (χ4v) is 4.71. The maximum absolute atomic E-state index is 3.54. The predicted molar refractivity (Wildman–Crippen MR) is 118 cm³/mol.